The number of hydrogen-bond acceptors (Lipinski definition) is 3. The molecule has 0 heterocycles. The van der Waals surface area contributed by atoms with E-state index in [1.807, 2.05) is 0 Å². The van der Waals surface area contributed by atoms with Gasteiger partial charge in [0.2, 0.25) is 0 Å². The van der Waals surface area contributed by atoms with Crippen LogP contribution in [0, 0.1) is 0 Å². The molecule has 4 heteroatoms. The molecule has 0 aliphatic heterocycles. The fourth-order valence-corrected chi connectivity index (χ4v) is 3.24. The van der Waals surface area contributed by atoms with E-state index in [0.717, 1.165) is 58.2 Å². The van der Waals surface area contributed by atoms with Crippen LogP contribution in [0.1, 0.15) is 59.3 Å². The molecule has 0 bridgehead atoms. The quantitative estimate of drug-likeness (QED) is 0.711. The van der Waals surface area contributed by atoms with Gasteiger partial charge >= 0.3 is 5.97 Å². The summed E-state index contributed by atoms with van der Waals surface area (Å²) in [6.07, 6.45) is 5.77. The zero-order valence-corrected chi connectivity index (χ0v) is 12.7. The predicted octanol–water partition coefficient (Wildman–Crippen LogP) is 2.48. The molecule has 0 aromatic carbocycles. The molecule has 0 aromatic heterocycles. The maximum Gasteiger partial charge on any atom is 0.323 e. The van der Waals surface area contributed by atoms with Crippen LogP contribution in [0.3, 0.4) is 0 Å². The van der Waals surface area contributed by atoms with Crippen LogP contribution in [0.25, 0.3) is 0 Å². The Kier molecular flexibility index (Phi) is 6.80. The first-order chi connectivity index (χ1) is 9.09. The summed E-state index contributed by atoms with van der Waals surface area (Å²) in [7, 11) is 0. The van der Waals surface area contributed by atoms with Crippen molar-refractivity contribution in [2.45, 2.75) is 70.9 Å². The first-order valence-corrected chi connectivity index (χ1v) is 7.82. The molecule has 1 fully saturated rings. The number of carboxylic acid groups (broad SMARTS) is 1. The van der Waals surface area contributed by atoms with Crippen LogP contribution < -0.4 is 5.32 Å². The second-order valence-corrected chi connectivity index (χ2v) is 5.69. The van der Waals surface area contributed by atoms with Crippen molar-refractivity contribution in [1.82, 2.24) is 10.2 Å². The lowest BCUT2D eigenvalue weighted by Gasteiger charge is -2.42. The van der Waals surface area contributed by atoms with E-state index in [1.165, 1.54) is 0 Å². The predicted molar refractivity (Wildman–Crippen MR) is 78.5 cm³/mol. The van der Waals surface area contributed by atoms with Crippen LogP contribution in [0.2, 0.25) is 0 Å². The Morgan fingerprint density at radius 3 is 2.63 bits per heavy atom. The van der Waals surface area contributed by atoms with Gasteiger partial charge in [-0.1, -0.05) is 20.8 Å². The van der Waals surface area contributed by atoms with Crippen LogP contribution in [0.15, 0.2) is 0 Å². The number of hydrogen-bond donors (Lipinski definition) is 2. The number of carboxylic acids is 1. The molecule has 1 aliphatic rings. The largest absolute Gasteiger partial charge is 0.480 e. The van der Waals surface area contributed by atoms with E-state index in [-0.39, 0.29) is 0 Å². The third kappa shape index (κ3) is 4.18. The van der Waals surface area contributed by atoms with Crippen molar-refractivity contribution in [2.24, 2.45) is 0 Å². The Hall–Kier alpha value is -0.610. The average Bonchev–Trinajstić information content (AvgIpc) is 2.42. The van der Waals surface area contributed by atoms with Crippen molar-refractivity contribution in [3.63, 3.8) is 0 Å². The lowest BCUT2D eigenvalue weighted by Crippen LogP contribution is -2.58. The van der Waals surface area contributed by atoms with Gasteiger partial charge in [-0.3, -0.25) is 4.79 Å². The van der Waals surface area contributed by atoms with E-state index < -0.39 is 11.5 Å². The highest BCUT2D eigenvalue weighted by Crippen LogP contribution is 2.31. The summed E-state index contributed by atoms with van der Waals surface area (Å²) in [4.78, 5) is 14.2. The van der Waals surface area contributed by atoms with Gasteiger partial charge in [-0.05, 0) is 58.2 Å². The zero-order valence-electron chi connectivity index (χ0n) is 12.7. The molecule has 0 spiro atoms. The lowest BCUT2D eigenvalue weighted by atomic mass is 9.78. The van der Waals surface area contributed by atoms with Crippen molar-refractivity contribution < 1.29 is 9.90 Å². The van der Waals surface area contributed by atoms with Gasteiger partial charge in [-0.2, -0.15) is 0 Å². The number of carbonyl (C=O) groups is 1. The van der Waals surface area contributed by atoms with Crippen LogP contribution in [-0.4, -0.2) is 47.2 Å². The molecule has 0 amide bonds. The average molecular weight is 270 g/mol. The molecule has 1 rings (SSSR count). The zero-order chi connectivity index (χ0) is 14.3. The smallest absolute Gasteiger partial charge is 0.323 e. The van der Waals surface area contributed by atoms with E-state index in [4.69, 9.17) is 0 Å². The van der Waals surface area contributed by atoms with Crippen molar-refractivity contribution >= 4 is 5.97 Å². The topological polar surface area (TPSA) is 52.6 Å². The summed E-state index contributed by atoms with van der Waals surface area (Å²) in [5.74, 6) is -0.668. The normalized spacial score (nSPS) is 27.7. The summed E-state index contributed by atoms with van der Waals surface area (Å²) >= 11 is 0. The van der Waals surface area contributed by atoms with Gasteiger partial charge in [0.15, 0.2) is 0 Å². The van der Waals surface area contributed by atoms with Gasteiger partial charge in [0.05, 0.1) is 0 Å². The van der Waals surface area contributed by atoms with Gasteiger partial charge in [0.1, 0.15) is 5.54 Å². The van der Waals surface area contributed by atoms with Crippen LogP contribution in [0.4, 0.5) is 0 Å². The third-order valence-corrected chi connectivity index (χ3v) is 4.28. The summed E-state index contributed by atoms with van der Waals surface area (Å²) < 4.78 is 0. The monoisotopic (exact) mass is 270 g/mol. The SMILES string of the molecule is CCCNC1(C(=O)O)CCCC(N(CC)CCC)C1. The summed E-state index contributed by atoms with van der Waals surface area (Å²) in [6.45, 7) is 9.32. The fraction of sp³-hybridized carbons (Fsp3) is 0.933. The first kappa shape index (κ1) is 16.4. The van der Waals surface area contributed by atoms with Gasteiger partial charge in [0, 0.05) is 6.04 Å². The number of aliphatic carboxylic acids is 1. The van der Waals surface area contributed by atoms with Crippen molar-refractivity contribution in [3.05, 3.63) is 0 Å². The maximum atomic E-state index is 11.7. The number of nitrogens with zero attached hydrogens (tertiary/aromatic N) is 1. The highest BCUT2D eigenvalue weighted by Gasteiger charge is 2.43. The maximum absolute atomic E-state index is 11.7. The minimum atomic E-state index is -0.694. The summed E-state index contributed by atoms with van der Waals surface area (Å²) in [5, 5.41) is 12.9. The minimum Gasteiger partial charge on any atom is -0.480 e. The highest BCUT2D eigenvalue weighted by molar-refractivity contribution is 5.79. The van der Waals surface area contributed by atoms with Crippen molar-refractivity contribution in [2.75, 3.05) is 19.6 Å². The van der Waals surface area contributed by atoms with Crippen molar-refractivity contribution in [3.8, 4) is 0 Å². The minimum absolute atomic E-state index is 0.416. The van der Waals surface area contributed by atoms with Gasteiger partial charge < -0.3 is 15.3 Å². The first-order valence-electron chi connectivity index (χ1n) is 7.82. The number of nitrogens with one attached hydrogen (secondary N) is 1. The van der Waals surface area contributed by atoms with Gasteiger partial charge in [0.25, 0.3) is 0 Å². The van der Waals surface area contributed by atoms with E-state index in [9.17, 15) is 9.90 Å². The van der Waals surface area contributed by atoms with E-state index in [1.54, 1.807) is 0 Å². The molecule has 2 unspecified atom stereocenters. The molecule has 2 N–H and O–H groups in total. The molecule has 0 saturated heterocycles. The molecule has 112 valence electrons. The second-order valence-electron chi connectivity index (χ2n) is 5.69. The van der Waals surface area contributed by atoms with Crippen LogP contribution >= 0.6 is 0 Å². The fourth-order valence-electron chi connectivity index (χ4n) is 3.24. The second kappa shape index (κ2) is 7.85. The molecular formula is C15H30N2O2. The van der Waals surface area contributed by atoms with Crippen LogP contribution in [-0.2, 0) is 4.79 Å². The molecule has 0 radical (unpaired) electrons. The molecule has 2 atom stereocenters. The molecule has 1 aliphatic carbocycles. The molecule has 4 nitrogen and oxygen atoms in total. The molecule has 0 aromatic rings. The Bertz CT molecular complexity index is 283. The van der Waals surface area contributed by atoms with Gasteiger partial charge in [-0.15, -0.1) is 0 Å². The Morgan fingerprint density at radius 2 is 2.11 bits per heavy atom. The molecule has 1 saturated carbocycles. The highest BCUT2D eigenvalue weighted by atomic mass is 16.4. The number of rotatable bonds is 8. The van der Waals surface area contributed by atoms with E-state index in [2.05, 4.69) is 31.0 Å². The standard InChI is InChI=1S/C15H30N2O2/c1-4-10-16-15(14(18)19)9-7-8-13(12-15)17(6-3)11-5-2/h13,16H,4-12H2,1-3H3,(H,18,19). The lowest BCUT2D eigenvalue weighted by molar-refractivity contribution is -0.147. The van der Waals surface area contributed by atoms with E-state index in [0.29, 0.717) is 6.04 Å². The Labute approximate surface area is 117 Å². The molecular weight excluding hydrogens is 240 g/mol. The molecule has 19 heavy (non-hydrogen) atoms. The Morgan fingerprint density at radius 1 is 1.37 bits per heavy atom. The summed E-state index contributed by atoms with van der Waals surface area (Å²) in [5.41, 5.74) is -0.694. The van der Waals surface area contributed by atoms with Gasteiger partial charge in [-0.25, -0.2) is 0 Å². The third-order valence-electron chi connectivity index (χ3n) is 4.28. The van der Waals surface area contributed by atoms with Crippen LogP contribution in [0.5, 0.6) is 0 Å². The van der Waals surface area contributed by atoms with E-state index >= 15 is 0 Å². The van der Waals surface area contributed by atoms with Crippen molar-refractivity contribution in [1.29, 1.82) is 0 Å². The Balaban J connectivity index is 2.75. The summed E-state index contributed by atoms with van der Waals surface area (Å²) in [6, 6.07) is 0.416.